The van der Waals surface area contributed by atoms with Gasteiger partial charge in [-0.05, 0) is 46.6 Å². The fraction of sp³-hybridized carbons (Fsp3) is 0.917. The number of hydrogen-bond donors (Lipinski definition) is 2. The van der Waals surface area contributed by atoms with Gasteiger partial charge < -0.3 is 15.6 Å². The summed E-state index contributed by atoms with van der Waals surface area (Å²) < 4.78 is 5.53. The lowest BCUT2D eigenvalue weighted by Gasteiger charge is -2.21. The molecule has 0 saturated carbocycles. The molecule has 0 aliphatic heterocycles. The molecule has 0 amide bonds. The van der Waals surface area contributed by atoms with Gasteiger partial charge in [0, 0.05) is 6.61 Å². The van der Waals surface area contributed by atoms with Crippen LogP contribution in [0.2, 0.25) is 0 Å². The monoisotopic (exact) mass is 231 g/mol. The highest BCUT2D eigenvalue weighted by Gasteiger charge is 2.18. The summed E-state index contributed by atoms with van der Waals surface area (Å²) >= 11 is 0. The minimum atomic E-state index is -0.727. The molecular formula is C12H25NO3. The fourth-order valence-electron chi connectivity index (χ4n) is 1.43. The number of carbonyl (C=O) groups is 1. The highest BCUT2D eigenvalue weighted by Crippen LogP contribution is 2.15. The Kier molecular flexibility index (Phi) is 7.34. The van der Waals surface area contributed by atoms with Crippen molar-refractivity contribution < 1.29 is 14.6 Å². The number of nitrogens with two attached hydrogens (primary N) is 1. The van der Waals surface area contributed by atoms with Crippen molar-refractivity contribution in [1.29, 1.82) is 0 Å². The van der Waals surface area contributed by atoms with Crippen molar-refractivity contribution in [3.8, 4) is 0 Å². The van der Waals surface area contributed by atoms with Crippen molar-refractivity contribution in [2.24, 2.45) is 11.7 Å². The molecule has 0 aliphatic rings. The largest absolute Gasteiger partial charge is 0.481 e. The lowest BCUT2D eigenvalue weighted by Crippen LogP contribution is -2.23. The zero-order valence-electron chi connectivity index (χ0n) is 10.7. The molecule has 1 unspecified atom stereocenters. The summed E-state index contributed by atoms with van der Waals surface area (Å²) in [5.41, 5.74) is 5.18. The van der Waals surface area contributed by atoms with Crippen LogP contribution >= 0.6 is 0 Å². The average molecular weight is 231 g/mol. The van der Waals surface area contributed by atoms with Crippen molar-refractivity contribution in [3.05, 3.63) is 0 Å². The third-order valence-electron chi connectivity index (χ3n) is 2.36. The minimum absolute atomic E-state index is 0.194. The number of carboxylic acid groups (broad SMARTS) is 1. The first-order chi connectivity index (χ1) is 7.37. The van der Waals surface area contributed by atoms with Gasteiger partial charge in [-0.15, -0.1) is 0 Å². The standard InChI is InChI=1S/C12H25NO3/c1-12(2,3)16-9-7-10(11(14)15)6-4-5-8-13/h10H,4-9,13H2,1-3H3,(H,14,15). The Hall–Kier alpha value is -0.610. The van der Waals surface area contributed by atoms with Gasteiger partial charge in [0.05, 0.1) is 11.5 Å². The molecule has 96 valence electrons. The Morgan fingerprint density at radius 1 is 1.31 bits per heavy atom. The van der Waals surface area contributed by atoms with E-state index in [9.17, 15) is 4.79 Å². The van der Waals surface area contributed by atoms with E-state index in [0.717, 1.165) is 12.8 Å². The van der Waals surface area contributed by atoms with Gasteiger partial charge in [0.1, 0.15) is 0 Å². The second-order valence-electron chi connectivity index (χ2n) is 5.07. The average Bonchev–Trinajstić information content (AvgIpc) is 2.13. The molecule has 0 aromatic rings. The van der Waals surface area contributed by atoms with Crippen LogP contribution in [0.3, 0.4) is 0 Å². The van der Waals surface area contributed by atoms with Gasteiger partial charge in [-0.25, -0.2) is 0 Å². The molecule has 3 N–H and O–H groups in total. The Morgan fingerprint density at radius 2 is 1.94 bits per heavy atom. The third-order valence-corrected chi connectivity index (χ3v) is 2.36. The summed E-state index contributed by atoms with van der Waals surface area (Å²) in [6, 6.07) is 0. The molecule has 0 radical (unpaired) electrons. The number of ether oxygens (including phenoxy) is 1. The molecule has 0 saturated heterocycles. The maximum Gasteiger partial charge on any atom is 0.306 e. The second-order valence-corrected chi connectivity index (χ2v) is 5.07. The summed E-state index contributed by atoms with van der Waals surface area (Å²) in [7, 11) is 0. The molecule has 16 heavy (non-hydrogen) atoms. The number of aliphatic carboxylic acids is 1. The zero-order valence-corrected chi connectivity index (χ0v) is 10.7. The zero-order chi connectivity index (χ0) is 12.6. The van der Waals surface area contributed by atoms with Crippen LogP contribution in [0, 0.1) is 5.92 Å². The van der Waals surface area contributed by atoms with Crippen molar-refractivity contribution in [2.45, 2.75) is 52.1 Å². The molecular weight excluding hydrogens is 206 g/mol. The smallest absolute Gasteiger partial charge is 0.306 e. The van der Waals surface area contributed by atoms with Gasteiger partial charge in [-0.3, -0.25) is 4.79 Å². The number of rotatable bonds is 8. The Morgan fingerprint density at radius 3 is 2.38 bits per heavy atom. The fourth-order valence-corrected chi connectivity index (χ4v) is 1.43. The van der Waals surface area contributed by atoms with Crippen molar-refractivity contribution in [3.63, 3.8) is 0 Å². The van der Waals surface area contributed by atoms with Crippen LogP contribution in [-0.2, 0) is 9.53 Å². The summed E-state index contributed by atoms with van der Waals surface area (Å²) in [6.07, 6.45) is 3.05. The summed E-state index contributed by atoms with van der Waals surface area (Å²) in [5.74, 6) is -1.02. The van der Waals surface area contributed by atoms with Crippen molar-refractivity contribution >= 4 is 5.97 Å². The Labute approximate surface area is 98.2 Å². The Balaban J connectivity index is 3.81. The first-order valence-electron chi connectivity index (χ1n) is 5.93. The second kappa shape index (κ2) is 7.63. The van der Waals surface area contributed by atoms with Crippen LogP contribution in [0.5, 0.6) is 0 Å². The van der Waals surface area contributed by atoms with Crippen molar-refractivity contribution in [2.75, 3.05) is 13.2 Å². The van der Waals surface area contributed by atoms with E-state index in [0.29, 0.717) is 26.0 Å². The normalized spacial score (nSPS) is 13.8. The maximum atomic E-state index is 11.0. The highest BCUT2D eigenvalue weighted by atomic mass is 16.5. The van der Waals surface area contributed by atoms with E-state index in [1.807, 2.05) is 20.8 Å². The van der Waals surface area contributed by atoms with Crippen LogP contribution in [0.15, 0.2) is 0 Å². The molecule has 1 atom stereocenters. The Bertz CT molecular complexity index is 199. The topological polar surface area (TPSA) is 72.5 Å². The number of carboxylic acids is 1. The first kappa shape index (κ1) is 15.4. The van der Waals surface area contributed by atoms with E-state index >= 15 is 0 Å². The van der Waals surface area contributed by atoms with E-state index < -0.39 is 5.97 Å². The van der Waals surface area contributed by atoms with Crippen LogP contribution in [0.1, 0.15) is 46.5 Å². The van der Waals surface area contributed by atoms with Crippen LogP contribution in [-0.4, -0.2) is 29.8 Å². The summed E-state index contributed by atoms with van der Waals surface area (Å²) in [6.45, 7) is 7.04. The van der Waals surface area contributed by atoms with Gasteiger partial charge in [-0.1, -0.05) is 6.42 Å². The molecule has 0 aliphatic carbocycles. The van der Waals surface area contributed by atoms with E-state index in [4.69, 9.17) is 15.6 Å². The molecule has 4 heteroatoms. The maximum absolute atomic E-state index is 11.0. The molecule has 0 bridgehead atoms. The lowest BCUT2D eigenvalue weighted by molar-refractivity contribution is -0.143. The molecule has 0 heterocycles. The summed E-state index contributed by atoms with van der Waals surface area (Å²) in [5, 5.41) is 9.02. The third kappa shape index (κ3) is 8.68. The number of unbranched alkanes of at least 4 members (excludes halogenated alkanes) is 1. The van der Waals surface area contributed by atoms with E-state index in [-0.39, 0.29) is 11.5 Å². The van der Waals surface area contributed by atoms with Gasteiger partial charge in [-0.2, -0.15) is 0 Å². The summed E-state index contributed by atoms with van der Waals surface area (Å²) in [4.78, 5) is 11.0. The SMILES string of the molecule is CC(C)(C)OCCC(CCCCN)C(=O)O. The van der Waals surface area contributed by atoms with E-state index in [1.54, 1.807) is 0 Å². The van der Waals surface area contributed by atoms with Crippen molar-refractivity contribution in [1.82, 2.24) is 0 Å². The molecule has 0 rings (SSSR count). The van der Waals surface area contributed by atoms with Gasteiger partial charge >= 0.3 is 5.97 Å². The van der Waals surface area contributed by atoms with Crippen LogP contribution in [0.4, 0.5) is 0 Å². The molecule has 0 fully saturated rings. The molecule has 0 spiro atoms. The van der Waals surface area contributed by atoms with Gasteiger partial charge in [0.15, 0.2) is 0 Å². The lowest BCUT2D eigenvalue weighted by atomic mass is 9.99. The number of hydrogen-bond acceptors (Lipinski definition) is 3. The predicted molar refractivity (Wildman–Crippen MR) is 64.4 cm³/mol. The van der Waals surface area contributed by atoms with Gasteiger partial charge in [0.2, 0.25) is 0 Å². The predicted octanol–water partition coefficient (Wildman–Crippen LogP) is 2.02. The highest BCUT2D eigenvalue weighted by molar-refractivity contribution is 5.69. The first-order valence-corrected chi connectivity index (χ1v) is 5.93. The van der Waals surface area contributed by atoms with Gasteiger partial charge in [0.25, 0.3) is 0 Å². The minimum Gasteiger partial charge on any atom is -0.481 e. The van der Waals surface area contributed by atoms with Crippen LogP contribution in [0.25, 0.3) is 0 Å². The van der Waals surface area contributed by atoms with E-state index in [2.05, 4.69) is 0 Å². The molecule has 0 aromatic carbocycles. The molecule has 4 nitrogen and oxygen atoms in total. The van der Waals surface area contributed by atoms with Crippen LogP contribution < -0.4 is 5.73 Å². The molecule has 0 aromatic heterocycles. The van der Waals surface area contributed by atoms with E-state index in [1.165, 1.54) is 0 Å². The quantitative estimate of drug-likeness (QED) is 0.627.